The number of halogens is 6. The molecule has 0 aliphatic carbocycles. The second-order valence-electron chi connectivity index (χ2n) is 9.20. The molecule has 1 aromatic carbocycles. The number of hydrogen-bond donors (Lipinski definition) is 2. The fourth-order valence-corrected chi connectivity index (χ4v) is 4.18. The molecule has 0 radical (unpaired) electrons. The quantitative estimate of drug-likeness (QED) is 0.164. The van der Waals surface area contributed by atoms with Crippen LogP contribution < -0.4 is 10.6 Å². The summed E-state index contributed by atoms with van der Waals surface area (Å²) in [6, 6.07) is 8.88. The van der Waals surface area contributed by atoms with Gasteiger partial charge < -0.3 is 15.5 Å². The highest BCUT2D eigenvalue weighted by molar-refractivity contribution is 5.96. The van der Waals surface area contributed by atoms with Crippen molar-refractivity contribution in [1.82, 2.24) is 30.2 Å². The van der Waals surface area contributed by atoms with Crippen LogP contribution in [0.3, 0.4) is 0 Å². The maximum Gasteiger partial charge on any atom is 0.418 e. The number of benzene rings is 1. The van der Waals surface area contributed by atoms with Crippen molar-refractivity contribution >= 4 is 28.4 Å². The van der Waals surface area contributed by atoms with Crippen molar-refractivity contribution in [3.63, 3.8) is 0 Å². The van der Waals surface area contributed by atoms with Crippen LogP contribution in [0.4, 0.5) is 37.8 Å². The smallest absolute Gasteiger partial charge is 0.349 e. The van der Waals surface area contributed by atoms with E-state index in [1.807, 2.05) is 13.8 Å². The molecule has 0 unspecified atom stereocenters. The number of nitrogens with zero attached hydrogens (tertiary/aromatic N) is 5. The van der Waals surface area contributed by atoms with Crippen molar-refractivity contribution in [1.29, 1.82) is 0 Å². The molecule has 42 heavy (non-hydrogen) atoms. The first-order valence-corrected chi connectivity index (χ1v) is 13.1. The fourth-order valence-electron chi connectivity index (χ4n) is 4.18. The van der Waals surface area contributed by atoms with E-state index >= 15 is 0 Å². The van der Waals surface area contributed by atoms with E-state index in [-0.39, 0.29) is 34.1 Å². The van der Waals surface area contributed by atoms with E-state index in [2.05, 4.69) is 35.5 Å². The minimum absolute atomic E-state index is 0.0316. The third-order valence-electron chi connectivity index (χ3n) is 6.42. The average Bonchev–Trinajstić information content (AvgIpc) is 2.96. The highest BCUT2D eigenvalue weighted by Gasteiger charge is 2.35. The number of rotatable bonds is 10. The molecule has 0 aliphatic heterocycles. The summed E-state index contributed by atoms with van der Waals surface area (Å²) in [6.45, 7) is 6.84. The van der Waals surface area contributed by atoms with Crippen molar-refractivity contribution < 1.29 is 31.1 Å². The number of carbonyl (C=O) groups excluding carboxylic acids is 1. The SMILES string of the molecule is CCN(CC)CCCNC(=O)c1nc(Nc2ccc(C(F)(F)F)cc2)c2ccc(-c3ncccc3C(F)(F)F)nc2n1. The predicted octanol–water partition coefficient (Wildman–Crippen LogP) is 6.33. The summed E-state index contributed by atoms with van der Waals surface area (Å²) in [4.78, 5) is 31.8. The molecular formula is C28H27F6N7O. The summed E-state index contributed by atoms with van der Waals surface area (Å²) in [5.41, 5.74) is -2.30. The van der Waals surface area contributed by atoms with Gasteiger partial charge in [0.2, 0.25) is 5.82 Å². The topological polar surface area (TPSA) is 95.9 Å². The van der Waals surface area contributed by atoms with Crippen LogP contribution in [0.1, 0.15) is 42.0 Å². The lowest BCUT2D eigenvalue weighted by molar-refractivity contribution is -0.138. The predicted molar refractivity (Wildman–Crippen MR) is 145 cm³/mol. The molecule has 2 N–H and O–H groups in total. The molecule has 0 saturated heterocycles. The molecule has 8 nitrogen and oxygen atoms in total. The number of nitrogens with one attached hydrogen (secondary N) is 2. The van der Waals surface area contributed by atoms with Gasteiger partial charge in [0.25, 0.3) is 5.91 Å². The Morgan fingerprint density at radius 1 is 0.881 bits per heavy atom. The Labute approximate surface area is 237 Å². The van der Waals surface area contributed by atoms with E-state index in [4.69, 9.17) is 0 Å². The second kappa shape index (κ2) is 12.7. The number of pyridine rings is 2. The normalized spacial score (nSPS) is 12.1. The van der Waals surface area contributed by atoms with Gasteiger partial charge in [-0.15, -0.1) is 0 Å². The zero-order valence-electron chi connectivity index (χ0n) is 22.6. The van der Waals surface area contributed by atoms with Gasteiger partial charge in [-0.05, 0) is 74.6 Å². The van der Waals surface area contributed by atoms with E-state index in [9.17, 15) is 31.1 Å². The standard InChI is InChI=1S/C28H27F6N7O/c1-3-41(4-2)16-6-15-36-26(42)25-39-23(37-18-10-8-17(9-11-18)27(29,30)31)19-12-13-21(38-24(19)40-25)22-20(28(32,33)34)7-5-14-35-22/h5,7-14H,3-4,6,15-16H2,1-2H3,(H,36,42)(H,37,38,39,40). The highest BCUT2D eigenvalue weighted by atomic mass is 19.4. The van der Waals surface area contributed by atoms with Gasteiger partial charge in [0, 0.05) is 18.4 Å². The summed E-state index contributed by atoms with van der Waals surface area (Å²) < 4.78 is 80.0. The Morgan fingerprint density at radius 3 is 2.24 bits per heavy atom. The summed E-state index contributed by atoms with van der Waals surface area (Å²) in [5.74, 6) is -0.932. The van der Waals surface area contributed by atoms with Crippen molar-refractivity contribution in [2.45, 2.75) is 32.6 Å². The molecule has 14 heteroatoms. The van der Waals surface area contributed by atoms with Gasteiger partial charge in [-0.1, -0.05) is 13.8 Å². The fraction of sp³-hybridized carbons (Fsp3) is 0.321. The number of aromatic nitrogens is 4. The van der Waals surface area contributed by atoms with Gasteiger partial charge in [0.1, 0.15) is 11.5 Å². The van der Waals surface area contributed by atoms with E-state index < -0.39 is 35.1 Å². The van der Waals surface area contributed by atoms with Crippen LogP contribution in [0.2, 0.25) is 0 Å². The monoisotopic (exact) mass is 591 g/mol. The van der Waals surface area contributed by atoms with Gasteiger partial charge in [0.15, 0.2) is 5.65 Å². The number of anilines is 2. The van der Waals surface area contributed by atoms with Crippen LogP contribution in [0, 0.1) is 0 Å². The lowest BCUT2D eigenvalue weighted by Crippen LogP contribution is -2.30. The molecule has 0 bridgehead atoms. The van der Waals surface area contributed by atoms with Gasteiger partial charge in [0.05, 0.1) is 22.2 Å². The highest BCUT2D eigenvalue weighted by Crippen LogP contribution is 2.36. The second-order valence-corrected chi connectivity index (χ2v) is 9.20. The van der Waals surface area contributed by atoms with Gasteiger partial charge in [-0.2, -0.15) is 26.3 Å². The van der Waals surface area contributed by atoms with E-state index in [1.54, 1.807) is 0 Å². The van der Waals surface area contributed by atoms with Crippen molar-refractivity contribution in [3.05, 3.63) is 71.7 Å². The molecule has 0 saturated carbocycles. The Bertz CT molecular complexity index is 1540. The van der Waals surface area contributed by atoms with Gasteiger partial charge in [-0.25, -0.2) is 15.0 Å². The maximum atomic E-state index is 13.6. The molecule has 0 aliphatic rings. The minimum atomic E-state index is -4.70. The van der Waals surface area contributed by atoms with Crippen LogP contribution in [-0.4, -0.2) is 56.9 Å². The molecular weight excluding hydrogens is 564 g/mol. The zero-order valence-corrected chi connectivity index (χ0v) is 22.6. The Balaban J connectivity index is 1.72. The first kappa shape index (κ1) is 30.6. The van der Waals surface area contributed by atoms with Crippen LogP contribution in [-0.2, 0) is 12.4 Å². The largest absolute Gasteiger partial charge is 0.418 e. The average molecular weight is 592 g/mol. The third kappa shape index (κ3) is 7.29. The Kier molecular flexibility index (Phi) is 9.24. The number of hydrogen-bond acceptors (Lipinski definition) is 7. The molecule has 0 atom stereocenters. The summed E-state index contributed by atoms with van der Waals surface area (Å²) in [6.07, 6.45) is -7.37. The molecule has 1 amide bonds. The Morgan fingerprint density at radius 2 is 1.60 bits per heavy atom. The maximum absolute atomic E-state index is 13.6. The summed E-state index contributed by atoms with van der Waals surface area (Å²) >= 11 is 0. The number of amides is 1. The van der Waals surface area contributed by atoms with Crippen LogP contribution >= 0.6 is 0 Å². The number of carbonyl (C=O) groups is 1. The molecule has 0 fully saturated rings. The first-order valence-electron chi connectivity index (χ1n) is 13.1. The van der Waals surface area contributed by atoms with E-state index in [1.165, 1.54) is 30.5 Å². The molecule has 0 spiro atoms. The summed E-state index contributed by atoms with van der Waals surface area (Å²) in [5, 5.41) is 5.82. The summed E-state index contributed by atoms with van der Waals surface area (Å²) in [7, 11) is 0. The minimum Gasteiger partial charge on any atom is -0.349 e. The van der Waals surface area contributed by atoms with Crippen LogP contribution in [0.25, 0.3) is 22.4 Å². The van der Waals surface area contributed by atoms with Crippen LogP contribution in [0.15, 0.2) is 54.7 Å². The van der Waals surface area contributed by atoms with Gasteiger partial charge >= 0.3 is 12.4 Å². The van der Waals surface area contributed by atoms with Crippen LogP contribution in [0.5, 0.6) is 0 Å². The molecule has 3 heterocycles. The lowest BCUT2D eigenvalue weighted by atomic mass is 10.1. The Hall–Kier alpha value is -4.33. The third-order valence-corrected chi connectivity index (χ3v) is 6.42. The van der Waals surface area contributed by atoms with E-state index in [0.29, 0.717) is 13.0 Å². The first-order chi connectivity index (χ1) is 19.9. The van der Waals surface area contributed by atoms with Crippen molar-refractivity contribution in [3.8, 4) is 11.4 Å². The molecule has 3 aromatic heterocycles. The molecule has 222 valence electrons. The molecule has 4 aromatic rings. The number of alkyl halides is 6. The number of fused-ring (bicyclic) bond motifs is 1. The van der Waals surface area contributed by atoms with Gasteiger partial charge in [-0.3, -0.25) is 9.78 Å². The van der Waals surface area contributed by atoms with E-state index in [0.717, 1.165) is 43.9 Å². The van der Waals surface area contributed by atoms with Crippen molar-refractivity contribution in [2.24, 2.45) is 0 Å². The molecule has 4 rings (SSSR count). The zero-order chi connectivity index (χ0) is 30.5. The van der Waals surface area contributed by atoms with Crippen molar-refractivity contribution in [2.75, 3.05) is 31.5 Å². The lowest BCUT2D eigenvalue weighted by Gasteiger charge is -2.17.